The van der Waals surface area contributed by atoms with Crippen LogP contribution in [0.4, 0.5) is 13.2 Å². The maximum Gasteiger partial charge on any atom is 0.430 e. The van der Waals surface area contributed by atoms with Crippen molar-refractivity contribution >= 4 is 5.91 Å². The first-order chi connectivity index (χ1) is 17.3. The summed E-state index contributed by atoms with van der Waals surface area (Å²) in [5, 5.41) is 13.0. The van der Waals surface area contributed by atoms with E-state index in [1.165, 1.54) is 82.1 Å². The lowest BCUT2D eigenvalue weighted by Crippen LogP contribution is -2.59. The van der Waals surface area contributed by atoms with Gasteiger partial charge in [0.15, 0.2) is 0 Å². The molecule has 1 aromatic rings. The van der Waals surface area contributed by atoms with E-state index in [1.54, 1.807) is 6.07 Å². The molecule has 0 aromatic heterocycles. The Kier molecular flexibility index (Phi) is 13.2. The molecule has 0 radical (unpaired) electrons. The third-order valence-electron chi connectivity index (χ3n) is 7.15. The molecule has 36 heavy (non-hydrogen) atoms. The van der Waals surface area contributed by atoms with Gasteiger partial charge in [0, 0.05) is 12.7 Å². The number of nitrogens with one attached hydrogen (secondary N) is 1. The standard InChI is InChI=1S/C28H44F3NO4/c1-3-4-5-6-7-8-9-10-11-12-13-17-20-24-25(33)23(21-36-24)32-26(34)27(35-2,28(29,30)31)22-18-15-14-16-19-22/h14-16,18-19,23-25,33H,3-13,17,20-21H2,1-2H3,(H,32,34)/t23-,24-,25-,27-/m0/s1. The van der Waals surface area contributed by atoms with Crippen LogP contribution < -0.4 is 5.32 Å². The zero-order valence-corrected chi connectivity index (χ0v) is 21.8. The van der Waals surface area contributed by atoms with Gasteiger partial charge in [0.05, 0.1) is 18.8 Å². The summed E-state index contributed by atoms with van der Waals surface area (Å²) in [5.41, 5.74) is -3.49. The van der Waals surface area contributed by atoms with E-state index in [4.69, 9.17) is 9.47 Å². The fraction of sp³-hybridized carbons (Fsp3) is 0.750. The van der Waals surface area contributed by atoms with Crippen LogP contribution in [0.2, 0.25) is 0 Å². The van der Waals surface area contributed by atoms with Gasteiger partial charge in [-0.05, 0) is 6.42 Å². The Morgan fingerprint density at radius 1 is 0.972 bits per heavy atom. The van der Waals surface area contributed by atoms with Gasteiger partial charge in [0.2, 0.25) is 0 Å². The highest BCUT2D eigenvalue weighted by molar-refractivity contribution is 5.88. The molecule has 8 heteroatoms. The molecule has 1 heterocycles. The second kappa shape index (κ2) is 15.6. The minimum atomic E-state index is -4.99. The molecule has 1 aliphatic rings. The Morgan fingerprint density at radius 3 is 2.00 bits per heavy atom. The number of carbonyl (C=O) groups excluding carboxylic acids is 1. The lowest BCUT2D eigenvalue weighted by atomic mass is 9.91. The number of aliphatic hydroxyl groups is 1. The highest BCUT2D eigenvalue weighted by Crippen LogP contribution is 2.42. The summed E-state index contributed by atoms with van der Waals surface area (Å²) in [5.74, 6) is -1.36. The summed E-state index contributed by atoms with van der Waals surface area (Å²) in [6, 6.07) is 5.87. The van der Waals surface area contributed by atoms with Crippen LogP contribution in [-0.2, 0) is 19.9 Å². The van der Waals surface area contributed by atoms with Crippen molar-refractivity contribution in [3.63, 3.8) is 0 Å². The van der Waals surface area contributed by atoms with Crippen LogP contribution in [0.1, 0.15) is 96.0 Å². The summed E-state index contributed by atoms with van der Waals surface area (Å²) in [6.45, 7) is 2.19. The van der Waals surface area contributed by atoms with Crippen LogP contribution >= 0.6 is 0 Å². The van der Waals surface area contributed by atoms with E-state index in [9.17, 15) is 23.1 Å². The summed E-state index contributed by atoms with van der Waals surface area (Å²) in [7, 11) is 0.859. The van der Waals surface area contributed by atoms with Crippen molar-refractivity contribution in [3.8, 4) is 0 Å². The topological polar surface area (TPSA) is 67.8 Å². The maximum absolute atomic E-state index is 14.1. The number of aliphatic hydroxyl groups excluding tert-OH is 1. The summed E-state index contributed by atoms with van der Waals surface area (Å²) >= 11 is 0. The average Bonchev–Trinajstić information content (AvgIpc) is 3.19. The Hall–Kier alpha value is -1.64. The number of benzene rings is 1. The predicted octanol–water partition coefficient (Wildman–Crippen LogP) is 6.43. The summed E-state index contributed by atoms with van der Waals surface area (Å²) in [4.78, 5) is 12.9. The van der Waals surface area contributed by atoms with E-state index >= 15 is 0 Å². The van der Waals surface area contributed by atoms with Crippen molar-refractivity contribution < 1.29 is 32.5 Å². The lowest BCUT2D eigenvalue weighted by Gasteiger charge is -2.34. The Balaban J connectivity index is 1.73. The molecule has 2 rings (SSSR count). The quantitative estimate of drug-likeness (QED) is 0.235. The van der Waals surface area contributed by atoms with Crippen molar-refractivity contribution in [3.05, 3.63) is 35.9 Å². The highest BCUT2D eigenvalue weighted by Gasteiger charge is 2.63. The van der Waals surface area contributed by atoms with E-state index in [-0.39, 0.29) is 12.2 Å². The highest BCUT2D eigenvalue weighted by atomic mass is 19.4. The number of methoxy groups -OCH3 is 1. The molecule has 0 spiro atoms. The van der Waals surface area contributed by atoms with E-state index in [0.29, 0.717) is 6.42 Å². The first-order valence-corrected chi connectivity index (χ1v) is 13.6. The van der Waals surface area contributed by atoms with Crippen molar-refractivity contribution in [1.82, 2.24) is 5.32 Å². The lowest BCUT2D eigenvalue weighted by molar-refractivity contribution is -0.266. The van der Waals surface area contributed by atoms with Crippen molar-refractivity contribution in [1.29, 1.82) is 0 Å². The van der Waals surface area contributed by atoms with Crippen LogP contribution in [-0.4, -0.2) is 49.2 Å². The Labute approximate surface area is 214 Å². The minimum absolute atomic E-state index is 0.0394. The first-order valence-electron chi connectivity index (χ1n) is 13.6. The molecule has 1 aliphatic heterocycles. The van der Waals surface area contributed by atoms with Crippen LogP contribution in [0.25, 0.3) is 0 Å². The largest absolute Gasteiger partial charge is 0.430 e. The number of carbonyl (C=O) groups is 1. The SMILES string of the molecule is CCCCCCCCCCCCCC[C@@H]1OC[C@H](NC(=O)[C@@](OC)(c2ccccc2)C(F)(F)F)[C@@H]1O. The smallest absolute Gasteiger partial charge is 0.388 e. The van der Waals surface area contributed by atoms with E-state index in [0.717, 1.165) is 26.4 Å². The average molecular weight is 516 g/mol. The Bertz CT molecular complexity index is 746. The number of hydrogen-bond donors (Lipinski definition) is 2. The van der Waals surface area contributed by atoms with Crippen molar-refractivity contribution in [2.24, 2.45) is 0 Å². The molecule has 0 aliphatic carbocycles. The second-order valence-corrected chi connectivity index (χ2v) is 9.87. The molecule has 1 amide bonds. The van der Waals surface area contributed by atoms with Gasteiger partial charge in [-0.25, -0.2) is 0 Å². The molecule has 5 nitrogen and oxygen atoms in total. The molecule has 0 bridgehead atoms. The normalized spacial score (nSPS) is 21.9. The maximum atomic E-state index is 14.1. The molecule has 0 unspecified atom stereocenters. The fourth-order valence-electron chi connectivity index (χ4n) is 4.94. The number of amides is 1. The number of unbranched alkanes of at least 4 members (excludes halogenated alkanes) is 11. The molecular formula is C28H44F3NO4. The molecular weight excluding hydrogens is 471 g/mol. The summed E-state index contributed by atoms with van der Waals surface area (Å²) < 4.78 is 52.7. The number of alkyl halides is 3. The molecule has 1 aromatic carbocycles. The molecule has 1 fully saturated rings. The third kappa shape index (κ3) is 8.45. The predicted molar refractivity (Wildman–Crippen MR) is 135 cm³/mol. The van der Waals surface area contributed by atoms with Crippen LogP contribution in [0.3, 0.4) is 0 Å². The zero-order valence-electron chi connectivity index (χ0n) is 21.8. The fourth-order valence-corrected chi connectivity index (χ4v) is 4.94. The number of halogens is 3. The molecule has 206 valence electrons. The molecule has 4 atom stereocenters. The number of hydrogen-bond acceptors (Lipinski definition) is 4. The zero-order chi connectivity index (χ0) is 26.4. The van der Waals surface area contributed by atoms with Gasteiger partial charge in [-0.2, -0.15) is 13.2 Å². The molecule has 2 N–H and O–H groups in total. The van der Waals surface area contributed by atoms with Crippen LogP contribution in [0.5, 0.6) is 0 Å². The van der Waals surface area contributed by atoms with E-state index in [2.05, 4.69) is 12.2 Å². The second-order valence-electron chi connectivity index (χ2n) is 9.87. The van der Waals surface area contributed by atoms with Gasteiger partial charge in [-0.15, -0.1) is 0 Å². The van der Waals surface area contributed by atoms with Gasteiger partial charge in [0.1, 0.15) is 6.10 Å². The monoisotopic (exact) mass is 515 g/mol. The summed E-state index contributed by atoms with van der Waals surface area (Å²) in [6.07, 6.45) is 8.71. The van der Waals surface area contributed by atoms with Crippen LogP contribution in [0, 0.1) is 0 Å². The molecule has 0 saturated carbocycles. The number of rotatable bonds is 17. The van der Waals surface area contributed by atoms with Gasteiger partial charge >= 0.3 is 6.18 Å². The molecule has 1 saturated heterocycles. The van der Waals surface area contributed by atoms with Crippen molar-refractivity contribution in [2.45, 2.75) is 120 Å². The number of ether oxygens (including phenoxy) is 2. The Morgan fingerprint density at radius 2 is 1.50 bits per heavy atom. The minimum Gasteiger partial charge on any atom is -0.388 e. The van der Waals surface area contributed by atoms with Crippen molar-refractivity contribution in [2.75, 3.05) is 13.7 Å². The van der Waals surface area contributed by atoms with Gasteiger partial charge in [-0.3, -0.25) is 4.79 Å². The van der Waals surface area contributed by atoms with Gasteiger partial charge < -0.3 is 19.9 Å². The van der Waals surface area contributed by atoms with Gasteiger partial charge in [0.25, 0.3) is 11.5 Å². The van der Waals surface area contributed by atoms with E-state index in [1.807, 2.05) is 0 Å². The third-order valence-corrected chi connectivity index (χ3v) is 7.15. The van der Waals surface area contributed by atoms with Crippen LogP contribution in [0.15, 0.2) is 30.3 Å². The van der Waals surface area contributed by atoms with Gasteiger partial charge in [-0.1, -0.05) is 114 Å². The van der Waals surface area contributed by atoms with E-state index < -0.39 is 35.9 Å². The first kappa shape index (κ1) is 30.6.